The average molecular weight is 450 g/mol. The number of hydrogen-bond donors (Lipinski definition) is 0. The highest BCUT2D eigenvalue weighted by Gasteiger charge is 2.40. The Bertz CT molecular complexity index is 1200. The number of thioether (sulfide) groups is 2. The Hall–Kier alpha value is -2.67. The first-order valence-electron chi connectivity index (χ1n) is 9.28. The summed E-state index contributed by atoms with van der Waals surface area (Å²) in [5, 5.41) is 2.21. The summed E-state index contributed by atoms with van der Waals surface area (Å²) in [7, 11) is 1.96. The normalized spacial score (nSPS) is 19.7. The number of amidine groups is 1. The predicted molar refractivity (Wildman–Crippen MR) is 128 cm³/mol. The quantitative estimate of drug-likeness (QED) is 0.417. The van der Waals surface area contributed by atoms with Gasteiger partial charge in [0.25, 0.3) is 5.91 Å². The molecule has 3 aromatic carbocycles. The minimum Gasteiger partial charge on any atom is -0.337 e. The van der Waals surface area contributed by atoms with E-state index >= 15 is 0 Å². The van der Waals surface area contributed by atoms with E-state index in [-0.39, 0.29) is 5.91 Å². The smallest absolute Gasteiger partial charge is 0.274 e. The van der Waals surface area contributed by atoms with Crippen molar-refractivity contribution >= 4 is 63.3 Å². The largest absolute Gasteiger partial charge is 0.337 e. The number of anilines is 2. The fraction of sp³-hybridized carbons (Fsp3) is 0.0435. The Morgan fingerprint density at radius 1 is 0.900 bits per heavy atom. The van der Waals surface area contributed by atoms with Crippen molar-refractivity contribution in [3.63, 3.8) is 0 Å². The maximum absolute atomic E-state index is 13.6. The Labute approximate surface area is 188 Å². The van der Waals surface area contributed by atoms with Crippen molar-refractivity contribution in [3.8, 4) is 0 Å². The van der Waals surface area contributed by atoms with Gasteiger partial charge in [0.1, 0.15) is 4.91 Å². The number of rotatable bonds is 2. The number of aliphatic imine (C=N–C) groups is 1. The lowest BCUT2D eigenvalue weighted by Crippen LogP contribution is -2.29. The van der Waals surface area contributed by atoms with Gasteiger partial charge < -0.3 is 4.90 Å². The number of halogens is 1. The summed E-state index contributed by atoms with van der Waals surface area (Å²) < 4.78 is 0. The topological polar surface area (TPSA) is 35.9 Å². The highest BCUT2D eigenvalue weighted by Crippen LogP contribution is 2.51. The van der Waals surface area contributed by atoms with Gasteiger partial charge in [-0.1, -0.05) is 59.8 Å². The third kappa shape index (κ3) is 3.41. The maximum atomic E-state index is 13.6. The van der Waals surface area contributed by atoms with Gasteiger partial charge in [0.15, 0.2) is 5.17 Å². The van der Waals surface area contributed by atoms with Crippen molar-refractivity contribution in [2.45, 2.75) is 4.90 Å². The van der Waals surface area contributed by atoms with Crippen LogP contribution in [0.2, 0.25) is 5.02 Å². The van der Waals surface area contributed by atoms with Gasteiger partial charge in [-0.25, -0.2) is 4.99 Å². The van der Waals surface area contributed by atoms with Crippen LogP contribution in [0.15, 0.2) is 98.7 Å². The van der Waals surface area contributed by atoms with Gasteiger partial charge in [-0.05, 0) is 54.2 Å². The van der Waals surface area contributed by atoms with Crippen LogP contribution in [-0.2, 0) is 4.79 Å². The molecule has 0 unspecified atom stereocenters. The molecule has 1 fully saturated rings. The molecule has 0 bridgehead atoms. The average Bonchev–Trinajstić information content (AvgIpc) is 3.26. The summed E-state index contributed by atoms with van der Waals surface area (Å²) in [6.45, 7) is 0. The Kier molecular flexibility index (Phi) is 5.06. The fourth-order valence-corrected chi connectivity index (χ4v) is 5.81. The second kappa shape index (κ2) is 7.87. The van der Waals surface area contributed by atoms with Crippen LogP contribution < -0.4 is 9.80 Å². The summed E-state index contributed by atoms with van der Waals surface area (Å²) in [5.41, 5.74) is 2.61. The van der Waals surface area contributed by atoms with Crippen molar-refractivity contribution in [1.82, 2.24) is 0 Å². The third-order valence-corrected chi connectivity index (χ3v) is 7.39. The van der Waals surface area contributed by atoms with Gasteiger partial charge in [-0.2, -0.15) is 0 Å². The van der Waals surface area contributed by atoms with E-state index in [1.807, 2.05) is 90.8 Å². The molecule has 148 valence electrons. The second-order valence-corrected chi connectivity index (χ2v) is 9.16. The molecule has 2 aliphatic heterocycles. The number of para-hydroxylation sites is 2. The summed E-state index contributed by atoms with van der Waals surface area (Å²) in [6.07, 6.45) is 0. The molecule has 0 aliphatic carbocycles. The number of carbonyl (C=O) groups is 1. The molecule has 7 heteroatoms. The van der Waals surface area contributed by atoms with Crippen molar-refractivity contribution in [1.29, 1.82) is 0 Å². The van der Waals surface area contributed by atoms with Crippen molar-refractivity contribution < 1.29 is 4.79 Å². The van der Waals surface area contributed by atoms with E-state index in [1.165, 1.54) is 11.8 Å². The van der Waals surface area contributed by atoms with Crippen LogP contribution >= 0.6 is 35.1 Å². The highest BCUT2D eigenvalue weighted by atomic mass is 35.5. The Morgan fingerprint density at radius 3 is 2.33 bits per heavy atom. The highest BCUT2D eigenvalue weighted by molar-refractivity contribution is 8.20. The standard InChI is InChI=1S/C23H16ClN3OS2/c1-26-18-14-15(24)12-13-19(18)29-22(26)20-21(28)27(17-10-6-3-7-11-17)23(30-20)25-16-8-4-2-5-9-16/h2-14H,1H3/b22-20-,25-23?. The van der Waals surface area contributed by atoms with Crippen LogP contribution in [0.25, 0.3) is 0 Å². The minimum atomic E-state index is -0.0749. The van der Waals surface area contributed by atoms with E-state index < -0.39 is 0 Å². The molecule has 3 aromatic rings. The van der Waals surface area contributed by atoms with Crippen LogP contribution in [0.1, 0.15) is 0 Å². The first-order chi connectivity index (χ1) is 14.6. The lowest BCUT2D eigenvalue weighted by molar-refractivity contribution is -0.113. The molecule has 4 nitrogen and oxygen atoms in total. The first kappa shape index (κ1) is 19.3. The zero-order chi connectivity index (χ0) is 20.7. The summed E-state index contributed by atoms with van der Waals surface area (Å²) in [6, 6.07) is 25.1. The molecule has 1 amide bonds. The van der Waals surface area contributed by atoms with Gasteiger partial charge in [-0.15, -0.1) is 0 Å². The number of nitrogens with zero attached hydrogens (tertiary/aromatic N) is 3. The molecular formula is C23H16ClN3OS2. The van der Waals surface area contributed by atoms with E-state index in [9.17, 15) is 4.79 Å². The number of carbonyl (C=O) groups excluding carboxylic acids is 1. The van der Waals surface area contributed by atoms with Crippen LogP contribution in [0, 0.1) is 0 Å². The van der Waals surface area contributed by atoms with E-state index in [4.69, 9.17) is 16.6 Å². The van der Waals surface area contributed by atoms with Gasteiger partial charge in [0.2, 0.25) is 0 Å². The summed E-state index contributed by atoms with van der Waals surface area (Å²) in [5.74, 6) is -0.0749. The lowest BCUT2D eigenvalue weighted by Gasteiger charge is -2.16. The number of amides is 1. The van der Waals surface area contributed by atoms with E-state index in [1.54, 1.807) is 16.7 Å². The van der Waals surface area contributed by atoms with E-state index in [0.29, 0.717) is 15.1 Å². The van der Waals surface area contributed by atoms with Gasteiger partial charge in [0, 0.05) is 17.0 Å². The molecule has 0 atom stereocenters. The fourth-order valence-electron chi connectivity index (χ4n) is 3.31. The van der Waals surface area contributed by atoms with E-state index in [0.717, 1.165) is 27.0 Å². The van der Waals surface area contributed by atoms with Gasteiger partial charge in [-0.3, -0.25) is 9.69 Å². The van der Waals surface area contributed by atoms with Gasteiger partial charge >= 0.3 is 0 Å². The molecule has 1 saturated heterocycles. The summed E-state index contributed by atoms with van der Waals surface area (Å²) in [4.78, 5) is 23.8. The molecule has 2 heterocycles. The molecule has 5 rings (SSSR count). The number of benzene rings is 3. The lowest BCUT2D eigenvalue weighted by atomic mass is 10.3. The van der Waals surface area contributed by atoms with Crippen molar-refractivity contribution in [2.24, 2.45) is 4.99 Å². The molecule has 0 spiro atoms. The van der Waals surface area contributed by atoms with E-state index in [2.05, 4.69) is 0 Å². The maximum Gasteiger partial charge on any atom is 0.274 e. The number of hydrogen-bond acceptors (Lipinski definition) is 5. The molecule has 0 N–H and O–H groups in total. The Balaban J connectivity index is 1.61. The SMILES string of the molecule is CN1/C(=C2/SC(=Nc3ccccc3)N(c3ccccc3)C2=O)Sc2ccc(Cl)cc21. The van der Waals surface area contributed by atoms with Crippen LogP contribution in [-0.4, -0.2) is 18.1 Å². The summed E-state index contributed by atoms with van der Waals surface area (Å²) >= 11 is 9.18. The molecule has 0 saturated carbocycles. The predicted octanol–water partition coefficient (Wildman–Crippen LogP) is 6.52. The minimum absolute atomic E-state index is 0.0749. The molecule has 2 aliphatic rings. The molecule has 0 aromatic heterocycles. The molecule has 0 radical (unpaired) electrons. The second-order valence-electron chi connectivity index (χ2n) is 6.72. The third-order valence-electron chi connectivity index (χ3n) is 4.77. The zero-order valence-corrected chi connectivity index (χ0v) is 18.3. The van der Waals surface area contributed by atoms with Crippen LogP contribution in [0.4, 0.5) is 17.1 Å². The Morgan fingerprint density at radius 2 is 1.60 bits per heavy atom. The van der Waals surface area contributed by atoms with Crippen molar-refractivity contribution in [3.05, 3.63) is 93.8 Å². The number of fused-ring (bicyclic) bond motifs is 1. The van der Waals surface area contributed by atoms with Crippen LogP contribution in [0.5, 0.6) is 0 Å². The van der Waals surface area contributed by atoms with Crippen LogP contribution in [0.3, 0.4) is 0 Å². The zero-order valence-electron chi connectivity index (χ0n) is 15.9. The first-order valence-corrected chi connectivity index (χ1v) is 11.3. The van der Waals surface area contributed by atoms with Crippen molar-refractivity contribution in [2.75, 3.05) is 16.8 Å². The monoisotopic (exact) mass is 449 g/mol. The molecule has 30 heavy (non-hydrogen) atoms. The van der Waals surface area contributed by atoms with Gasteiger partial charge in [0.05, 0.1) is 22.1 Å². The molecular weight excluding hydrogens is 434 g/mol.